The molecule has 0 bridgehead atoms. The highest BCUT2D eigenvalue weighted by Gasteiger charge is 2.20. The second-order valence-electron chi connectivity index (χ2n) is 6.58. The Bertz CT molecular complexity index is 687. The van der Waals surface area contributed by atoms with Gasteiger partial charge in [-0.15, -0.1) is 0 Å². The molecule has 6 nitrogen and oxygen atoms in total. The maximum Gasteiger partial charge on any atom is 0.194 e. The number of aromatic nitrogens is 1. The molecule has 1 N–H and O–H groups in total. The highest BCUT2D eigenvalue weighted by atomic mass is 16.5. The molecule has 134 valence electrons. The summed E-state index contributed by atoms with van der Waals surface area (Å²) in [5, 5.41) is 7.49. The largest absolute Gasteiger partial charge is 0.368 e. The van der Waals surface area contributed by atoms with E-state index in [0.717, 1.165) is 43.6 Å². The van der Waals surface area contributed by atoms with Crippen molar-refractivity contribution in [3.05, 3.63) is 47.9 Å². The van der Waals surface area contributed by atoms with Gasteiger partial charge in [-0.1, -0.05) is 37.2 Å². The molecule has 1 saturated heterocycles. The van der Waals surface area contributed by atoms with Crippen molar-refractivity contribution in [2.75, 3.05) is 38.1 Å². The van der Waals surface area contributed by atoms with E-state index in [1.807, 2.05) is 13.1 Å². The summed E-state index contributed by atoms with van der Waals surface area (Å²) in [6, 6.07) is 12.6. The standard InChI is InChI=1S/C19H27N5O/c1-15(2)18-13-17(25-22-18)14-21-19(20-3)24-11-9-23(10-12-24)16-7-5-4-6-8-16/h4-8,13,15H,9-12,14H2,1-3H3,(H,20,21). The Morgan fingerprint density at radius 1 is 1.20 bits per heavy atom. The Morgan fingerprint density at radius 3 is 2.52 bits per heavy atom. The number of anilines is 1. The third kappa shape index (κ3) is 4.32. The molecule has 25 heavy (non-hydrogen) atoms. The Balaban J connectivity index is 1.52. The summed E-state index contributed by atoms with van der Waals surface area (Å²) in [5.41, 5.74) is 2.27. The van der Waals surface area contributed by atoms with Gasteiger partial charge in [-0.2, -0.15) is 0 Å². The van der Waals surface area contributed by atoms with E-state index in [1.54, 1.807) is 0 Å². The van der Waals surface area contributed by atoms with Gasteiger partial charge in [-0.25, -0.2) is 0 Å². The van der Waals surface area contributed by atoms with E-state index in [-0.39, 0.29) is 0 Å². The first-order valence-corrected chi connectivity index (χ1v) is 8.88. The van der Waals surface area contributed by atoms with Crippen LogP contribution in [0.4, 0.5) is 5.69 Å². The van der Waals surface area contributed by atoms with Crippen LogP contribution in [0, 0.1) is 0 Å². The van der Waals surface area contributed by atoms with Crippen LogP contribution in [-0.2, 0) is 6.54 Å². The van der Waals surface area contributed by atoms with Crippen molar-refractivity contribution in [2.45, 2.75) is 26.3 Å². The van der Waals surface area contributed by atoms with Crippen LogP contribution < -0.4 is 10.2 Å². The Labute approximate surface area is 149 Å². The van der Waals surface area contributed by atoms with Crippen LogP contribution in [0.2, 0.25) is 0 Å². The SMILES string of the molecule is CN=C(NCc1cc(C(C)C)no1)N1CCN(c2ccccc2)CC1. The van der Waals surface area contributed by atoms with Gasteiger partial charge in [-0.05, 0) is 18.1 Å². The molecule has 0 saturated carbocycles. The van der Waals surface area contributed by atoms with Gasteiger partial charge in [0.05, 0.1) is 12.2 Å². The van der Waals surface area contributed by atoms with Crippen LogP contribution in [-0.4, -0.2) is 49.2 Å². The van der Waals surface area contributed by atoms with E-state index < -0.39 is 0 Å². The van der Waals surface area contributed by atoms with Crippen LogP contribution in [0.3, 0.4) is 0 Å². The first kappa shape index (κ1) is 17.3. The molecule has 1 aromatic carbocycles. The molecule has 6 heteroatoms. The minimum Gasteiger partial charge on any atom is -0.368 e. The number of guanidine groups is 1. The number of rotatable bonds is 4. The second-order valence-corrected chi connectivity index (χ2v) is 6.58. The second kappa shape index (κ2) is 8.05. The maximum atomic E-state index is 5.39. The molecule has 1 aliphatic rings. The van der Waals surface area contributed by atoms with Gasteiger partial charge >= 0.3 is 0 Å². The molecule has 0 radical (unpaired) electrons. The summed E-state index contributed by atoms with van der Waals surface area (Å²) < 4.78 is 5.39. The lowest BCUT2D eigenvalue weighted by atomic mass is 10.1. The van der Waals surface area contributed by atoms with Crippen molar-refractivity contribution in [1.29, 1.82) is 0 Å². The predicted octanol–water partition coefficient (Wildman–Crippen LogP) is 2.70. The summed E-state index contributed by atoms with van der Waals surface area (Å²) in [4.78, 5) is 9.12. The molecule has 0 unspecified atom stereocenters. The van der Waals surface area contributed by atoms with Gasteiger partial charge in [0.1, 0.15) is 0 Å². The van der Waals surface area contributed by atoms with Gasteiger partial charge in [0.15, 0.2) is 11.7 Å². The van der Waals surface area contributed by atoms with E-state index in [0.29, 0.717) is 12.5 Å². The highest BCUT2D eigenvalue weighted by molar-refractivity contribution is 5.80. The monoisotopic (exact) mass is 341 g/mol. The number of para-hydroxylation sites is 1. The molecule has 1 aliphatic heterocycles. The molecule has 1 aromatic heterocycles. The average Bonchev–Trinajstić information content (AvgIpc) is 3.13. The highest BCUT2D eigenvalue weighted by Crippen LogP contribution is 2.16. The molecule has 0 amide bonds. The number of hydrogen-bond donors (Lipinski definition) is 1. The molecule has 0 atom stereocenters. The van der Waals surface area contributed by atoms with Crippen molar-refractivity contribution in [3.63, 3.8) is 0 Å². The molecule has 1 fully saturated rings. The Hall–Kier alpha value is -2.50. The molecule has 0 spiro atoms. The fraction of sp³-hybridized carbons (Fsp3) is 0.474. The van der Waals surface area contributed by atoms with E-state index >= 15 is 0 Å². The fourth-order valence-corrected chi connectivity index (χ4v) is 3.00. The number of hydrogen-bond acceptors (Lipinski definition) is 4. The minimum absolute atomic E-state index is 0.378. The zero-order valence-corrected chi connectivity index (χ0v) is 15.3. The molecule has 2 aromatic rings. The van der Waals surface area contributed by atoms with Gasteiger partial charge in [0, 0.05) is 45.0 Å². The lowest BCUT2D eigenvalue weighted by Crippen LogP contribution is -2.52. The molecular formula is C19H27N5O. The van der Waals surface area contributed by atoms with Crippen LogP contribution in [0.1, 0.15) is 31.2 Å². The van der Waals surface area contributed by atoms with Crippen molar-refractivity contribution < 1.29 is 4.52 Å². The summed E-state index contributed by atoms with van der Waals surface area (Å²) in [5.74, 6) is 2.13. The fourth-order valence-electron chi connectivity index (χ4n) is 3.00. The Morgan fingerprint density at radius 2 is 1.92 bits per heavy atom. The zero-order valence-electron chi connectivity index (χ0n) is 15.3. The topological polar surface area (TPSA) is 56.9 Å². The predicted molar refractivity (Wildman–Crippen MR) is 101 cm³/mol. The number of aliphatic imine (C=N–C) groups is 1. The lowest BCUT2D eigenvalue weighted by Gasteiger charge is -2.37. The van der Waals surface area contributed by atoms with Crippen LogP contribution in [0.15, 0.2) is 45.9 Å². The maximum absolute atomic E-state index is 5.39. The third-order valence-corrected chi connectivity index (χ3v) is 4.50. The number of nitrogens with one attached hydrogen (secondary N) is 1. The van der Waals surface area contributed by atoms with Crippen molar-refractivity contribution in [2.24, 2.45) is 4.99 Å². The molecule has 0 aliphatic carbocycles. The summed E-state index contributed by atoms with van der Waals surface area (Å²) in [6.07, 6.45) is 0. The zero-order chi connectivity index (χ0) is 17.6. The minimum atomic E-state index is 0.378. The summed E-state index contributed by atoms with van der Waals surface area (Å²) >= 11 is 0. The molecule has 2 heterocycles. The lowest BCUT2D eigenvalue weighted by molar-refractivity contribution is 0.355. The van der Waals surface area contributed by atoms with Crippen molar-refractivity contribution >= 4 is 11.6 Å². The van der Waals surface area contributed by atoms with Crippen LogP contribution in [0.5, 0.6) is 0 Å². The van der Waals surface area contributed by atoms with E-state index in [2.05, 4.69) is 69.4 Å². The third-order valence-electron chi connectivity index (χ3n) is 4.50. The van der Waals surface area contributed by atoms with E-state index in [1.165, 1.54) is 5.69 Å². The first-order valence-electron chi connectivity index (χ1n) is 8.88. The number of piperazine rings is 1. The van der Waals surface area contributed by atoms with Crippen LogP contribution >= 0.6 is 0 Å². The van der Waals surface area contributed by atoms with Gasteiger partial charge < -0.3 is 19.6 Å². The molecule has 3 rings (SSSR count). The number of benzene rings is 1. The Kier molecular flexibility index (Phi) is 5.58. The van der Waals surface area contributed by atoms with Gasteiger partial charge in [0.2, 0.25) is 0 Å². The van der Waals surface area contributed by atoms with E-state index in [9.17, 15) is 0 Å². The first-order chi connectivity index (χ1) is 12.2. The van der Waals surface area contributed by atoms with Gasteiger partial charge in [0.25, 0.3) is 0 Å². The number of nitrogens with zero attached hydrogens (tertiary/aromatic N) is 4. The summed E-state index contributed by atoms with van der Waals surface area (Å²) in [6.45, 7) is 8.70. The average molecular weight is 341 g/mol. The smallest absolute Gasteiger partial charge is 0.194 e. The normalized spacial score (nSPS) is 15.8. The summed E-state index contributed by atoms with van der Waals surface area (Å²) in [7, 11) is 1.83. The van der Waals surface area contributed by atoms with Crippen molar-refractivity contribution in [3.8, 4) is 0 Å². The quantitative estimate of drug-likeness (QED) is 0.684. The molecular weight excluding hydrogens is 314 g/mol. The van der Waals surface area contributed by atoms with Crippen molar-refractivity contribution in [1.82, 2.24) is 15.4 Å². The van der Waals surface area contributed by atoms with Gasteiger partial charge in [-0.3, -0.25) is 4.99 Å². The van der Waals surface area contributed by atoms with E-state index in [4.69, 9.17) is 4.52 Å². The van der Waals surface area contributed by atoms with Crippen LogP contribution in [0.25, 0.3) is 0 Å².